The van der Waals surface area contributed by atoms with E-state index in [0.29, 0.717) is 0 Å². The molecule has 0 aliphatic carbocycles. The number of benzene rings is 1. The Balaban J connectivity index is 2.13. The van der Waals surface area contributed by atoms with E-state index in [1.807, 2.05) is 18.7 Å². The predicted octanol–water partition coefficient (Wildman–Crippen LogP) is 2.61. The van der Waals surface area contributed by atoms with Crippen LogP contribution in [0.1, 0.15) is 25.0 Å². The van der Waals surface area contributed by atoms with Gasteiger partial charge in [0.05, 0.1) is 4.75 Å². The first kappa shape index (κ1) is 15.4. The molecule has 1 saturated heterocycles. The third-order valence-electron chi connectivity index (χ3n) is 3.63. The van der Waals surface area contributed by atoms with Crippen LogP contribution < -0.4 is 5.32 Å². The molecule has 20 heavy (non-hydrogen) atoms. The lowest BCUT2D eigenvalue weighted by Gasteiger charge is -2.34. The summed E-state index contributed by atoms with van der Waals surface area (Å²) in [6, 6.07) is 6.42. The molecule has 0 atom stereocenters. The van der Waals surface area contributed by atoms with Crippen molar-refractivity contribution in [2.75, 3.05) is 26.2 Å². The molecule has 1 N–H and O–H groups in total. The molecule has 1 aliphatic heterocycles. The summed E-state index contributed by atoms with van der Waals surface area (Å²) in [7, 11) is 0. The quantitative estimate of drug-likeness (QED) is 0.869. The van der Waals surface area contributed by atoms with Crippen molar-refractivity contribution >= 4 is 17.7 Å². The molecule has 0 saturated carbocycles. The van der Waals surface area contributed by atoms with Gasteiger partial charge in [-0.05, 0) is 39.3 Å². The Bertz CT molecular complexity index is 493. The normalized spacial score (nSPS) is 16.3. The summed E-state index contributed by atoms with van der Waals surface area (Å²) in [6.45, 7) is 11.7. The summed E-state index contributed by atoms with van der Waals surface area (Å²) in [5.41, 5.74) is 2.48. The van der Waals surface area contributed by atoms with Gasteiger partial charge in [0.2, 0.25) is 5.91 Å². The first-order chi connectivity index (χ1) is 9.40. The second kappa shape index (κ2) is 6.19. The standard InChI is InChI=1S/C16H24N2OS/c1-12-5-6-13(2)14(11-12)20-16(3,4)15(19)18-9-7-17-8-10-18/h5-6,11,17H,7-10H2,1-4H3. The number of hydrogen-bond donors (Lipinski definition) is 1. The molecule has 2 rings (SSSR count). The summed E-state index contributed by atoms with van der Waals surface area (Å²) < 4.78 is -0.421. The van der Waals surface area contributed by atoms with Crippen molar-refractivity contribution in [3.8, 4) is 0 Å². The Hall–Kier alpha value is -1.00. The highest BCUT2D eigenvalue weighted by molar-refractivity contribution is 8.01. The van der Waals surface area contributed by atoms with Crippen LogP contribution in [0.25, 0.3) is 0 Å². The van der Waals surface area contributed by atoms with Gasteiger partial charge in [-0.15, -0.1) is 11.8 Å². The number of rotatable bonds is 3. The molecule has 4 heteroatoms. The Morgan fingerprint density at radius 2 is 1.90 bits per heavy atom. The zero-order chi connectivity index (χ0) is 14.8. The van der Waals surface area contributed by atoms with E-state index in [9.17, 15) is 4.79 Å². The van der Waals surface area contributed by atoms with Gasteiger partial charge in [-0.1, -0.05) is 17.7 Å². The second-order valence-electron chi connectivity index (χ2n) is 5.92. The fraction of sp³-hybridized carbons (Fsp3) is 0.562. The van der Waals surface area contributed by atoms with E-state index in [2.05, 4.69) is 37.4 Å². The van der Waals surface area contributed by atoms with Gasteiger partial charge in [0.25, 0.3) is 0 Å². The van der Waals surface area contributed by atoms with Crippen LogP contribution in [-0.4, -0.2) is 41.7 Å². The van der Waals surface area contributed by atoms with Crippen molar-refractivity contribution in [1.82, 2.24) is 10.2 Å². The molecule has 1 fully saturated rings. The average Bonchev–Trinajstić information content (AvgIpc) is 2.43. The van der Waals surface area contributed by atoms with E-state index in [1.54, 1.807) is 11.8 Å². The minimum Gasteiger partial charge on any atom is -0.339 e. The van der Waals surface area contributed by atoms with Gasteiger partial charge in [0, 0.05) is 31.1 Å². The van der Waals surface area contributed by atoms with E-state index in [1.165, 1.54) is 16.0 Å². The van der Waals surface area contributed by atoms with Gasteiger partial charge in [-0.2, -0.15) is 0 Å². The van der Waals surface area contributed by atoms with Crippen LogP contribution >= 0.6 is 11.8 Å². The molecule has 0 aromatic heterocycles. The van der Waals surface area contributed by atoms with Crippen LogP contribution in [0, 0.1) is 13.8 Å². The highest BCUT2D eigenvalue weighted by Gasteiger charge is 2.34. The minimum atomic E-state index is -0.421. The number of aryl methyl sites for hydroxylation is 2. The van der Waals surface area contributed by atoms with E-state index in [0.717, 1.165) is 26.2 Å². The number of nitrogens with one attached hydrogen (secondary N) is 1. The topological polar surface area (TPSA) is 32.3 Å². The third kappa shape index (κ3) is 3.55. The molecular weight excluding hydrogens is 268 g/mol. The number of carbonyl (C=O) groups excluding carboxylic acids is 1. The molecule has 0 spiro atoms. The van der Waals surface area contributed by atoms with Gasteiger partial charge in [-0.3, -0.25) is 4.79 Å². The number of thioether (sulfide) groups is 1. The zero-order valence-corrected chi connectivity index (χ0v) is 13.6. The molecule has 1 aromatic carbocycles. The van der Waals surface area contributed by atoms with Gasteiger partial charge < -0.3 is 10.2 Å². The van der Waals surface area contributed by atoms with Crippen LogP contribution in [0.2, 0.25) is 0 Å². The van der Waals surface area contributed by atoms with Gasteiger partial charge in [-0.25, -0.2) is 0 Å². The SMILES string of the molecule is Cc1ccc(C)c(SC(C)(C)C(=O)N2CCNCC2)c1. The molecule has 0 unspecified atom stereocenters. The minimum absolute atomic E-state index is 0.241. The van der Waals surface area contributed by atoms with E-state index in [4.69, 9.17) is 0 Å². The van der Waals surface area contributed by atoms with Gasteiger partial charge >= 0.3 is 0 Å². The maximum Gasteiger partial charge on any atom is 0.238 e. The Morgan fingerprint density at radius 3 is 2.55 bits per heavy atom. The molecule has 0 radical (unpaired) electrons. The Morgan fingerprint density at radius 1 is 1.25 bits per heavy atom. The molecule has 110 valence electrons. The fourth-order valence-electron chi connectivity index (χ4n) is 2.38. The first-order valence-electron chi connectivity index (χ1n) is 7.16. The number of nitrogens with zero attached hydrogens (tertiary/aromatic N) is 1. The third-order valence-corrected chi connectivity index (χ3v) is 4.97. The maximum absolute atomic E-state index is 12.7. The van der Waals surface area contributed by atoms with Crippen molar-refractivity contribution in [3.63, 3.8) is 0 Å². The lowest BCUT2D eigenvalue weighted by molar-refractivity contribution is -0.133. The molecule has 1 aromatic rings. The average molecular weight is 292 g/mol. The summed E-state index contributed by atoms with van der Waals surface area (Å²) in [6.07, 6.45) is 0. The second-order valence-corrected chi connectivity index (χ2v) is 7.59. The molecular formula is C16H24N2OS. The highest BCUT2D eigenvalue weighted by Crippen LogP contribution is 2.36. The Labute approximate surface area is 126 Å². The maximum atomic E-state index is 12.7. The van der Waals surface area contributed by atoms with Gasteiger partial charge in [0.1, 0.15) is 0 Å². The summed E-state index contributed by atoms with van der Waals surface area (Å²) in [4.78, 5) is 15.9. The number of piperazine rings is 1. The van der Waals surface area contributed by atoms with E-state index in [-0.39, 0.29) is 5.91 Å². The summed E-state index contributed by atoms with van der Waals surface area (Å²) in [5.74, 6) is 0.241. The van der Waals surface area contributed by atoms with Crippen molar-refractivity contribution < 1.29 is 4.79 Å². The Kier molecular flexibility index (Phi) is 4.76. The number of amides is 1. The smallest absolute Gasteiger partial charge is 0.238 e. The number of carbonyl (C=O) groups is 1. The predicted molar refractivity (Wildman–Crippen MR) is 85.3 cm³/mol. The lowest BCUT2D eigenvalue weighted by atomic mass is 10.1. The van der Waals surface area contributed by atoms with Crippen molar-refractivity contribution in [2.45, 2.75) is 37.3 Å². The number of hydrogen-bond acceptors (Lipinski definition) is 3. The monoisotopic (exact) mass is 292 g/mol. The fourth-order valence-corrected chi connectivity index (χ4v) is 3.62. The van der Waals surface area contributed by atoms with Crippen LogP contribution in [0.5, 0.6) is 0 Å². The molecule has 1 aliphatic rings. The zero-order valence-electron chi connectivity index (χ0n) is 12.8. The van der Waals surface area contributed by atoms with Gasteiger partial charge in [0.15, 0.2) is 0 Å². The van der Waals surface area contributed by atoms with Crippen molar-refractivity contribution in [2.24, 2.45) is 0 Å². The van der Waals surface area contributed by atoms with Crippen molar-refractivity contribution in [3.05, 3.63) is 29.3 Å². The summed E-state index contributed by atoms with van der Waals surface area (Å²) in [5, 5.41) is 3.29. The van der Waals surface area contributed by atoms with E-state index >= 15 is 0 Å². The molecule has 3 nitrogen and oxygen atoms in total. The van der Waals surface area contributed by atoms with Crippen LogP contribution in [-0.2, 0) is 4.79 Å². The lowest BCUT2D eigenvalue weighted by Crippen LogP contribution is -2.51. The van der Waals surface area contributed by atoms with Crippen LogP contribution in [0.4, 0.5) is 0 Å². The largest absolute Gasteiger partial charge is 0.339 e. The van der Waals surface area contributed by atoms with Crippen LogP contribution in [0.15, 0.2) is 23.1 Å². The molecule has 0 bridgehead atoms. The molecule has 1 heterocycles. The van der Waals surface area contributed by atoms with Crippen molar-refractivity contribution in [1.29, 1.82) is 0 Å². The first-order valence-corrected chi connectivity index (χ1v) is 7.98. The molecule has 1 amide bonds. The van der Waals surface area contributed by atoms with Crippen LogP contribution in [0.3, 0.4) is 0 Å². The van der Waals surface area contributed by atoms with E-state index < -0.39 is 4.75 Å². The highest BCUT2D eigenvalue weighted by atomic mass is 32.2. The summed E-state index contributed by atoms with van der Waals surface area (Å²) >= 11 is 1.68.